The maximum Gasteiger partial charge on any atom is 0.325 e. The molecule has 6 N–H and O–H groups in total. The first-order valence-corrected chi connectivity index (χ1v) is 19.8. The number of carbonyl (C=O) groups excluding carboxylic acids is 6. The van der Waals surface area contributed by atoms with Crippen molar-refractivity contribution in [3.63, 3.8) is 0 Å². The number of aromatic amines is 1. The van der Waals surface area contributed by atoms with E-state index >= 15 is 0 Å². The number of cyclic esters (lactones) is 1. The van der Waals surface area contributed by atoms with Gasteiger partial charge in [-0.25, -0.2) is 4.98 Å². The average molecular weight is 762 g/mol. The van der Waals surface area contributed by atoms with Crippen LogP contribution in [0.4, 0.5) is 0 Å². The number of imidazole rings is 1. The molecule has 0 aliphatic carbocycles. The molecular formula is C39H67N7O8. The number of aliphatic hydroxyl groups is 1. The van der Waals surface area contributed by atoms with Crippen LogP contribution >= 0.6 is 0 Å². The Labute approximate surface area is 321 Å². The number of esters is 1. The zero-order valence-corrected chi connectivity index (χ0v) is 33.8. The number of hydrogen-bond acceptors (Lipinski definition) is 9. The number of nitrogens with zero attached hydrogens (tertiary/aromatic N) is 2. The fourth-order valence-electron chi connectivity index (χ4n) is 6.82. The first-order chi connectivity index (χ1) is 25.6. The Hall–Kier alpha value is -4.01. The molecule has 0 spiro atoms. The van der Waals surface area contributed by atoms with Crippen LogP contribution in [-0.2, 0) is 39.9 Å². The van der Waals surface area contributed by atoms with Crippen LogP contribution in [0.25, 0.3) is 0 Å². The monoisotopic (exact) mass is 762 g/mol. The molecule has 1 aliphatic heterocycles. The van der Waals surface area contributed by atoms with Crippen molar-refractivity contribution >= 4 is 35.5 Å². The summed E-state index contributed by atoms with van der Waals surface area (Å²) in [5, 5.41) is 20.7. The number of aliphatic hydroxyl groups excluding tert-OH is 1. The van der Waals surface area contributed by atoms with Gasteiger partial charge in [-0.2, -0.15) is 0 Å². The molecule has 1 aromatic heterocycles. The van der Waals surface area contributed by atoms with Crippen LogP contribution in [0, 0.1) is 17.8 Å². The summed E-state index contributed by atoms with van der Waals surface area (Å²) in [6.45, 7) is 11.6. The first kappa shape index (κ1) is 46.1. The van der Waals surface area contributed by atoms with Gasteiger partial charge in [-0.3, -0.25) is 28.8 Å². The average Bonchev–Trinajstić information content (AvgIpc) is 3.66. The molecule has 1 aliphatic rings. The van der Waals surface area contributed by atoms with Crippen molar-refractivity contribution in [1.82, 2.24) is 36.1 Å². The minimum atomic E-state index is -1.48. The fraction of sp³-hybridized carbons (Fsp3) is 0.769. The van der Waals surface area contributed by atoms with E-state index in [9.17, 15) is 33.9 Å². The molecule has 0 unspecified atom stereocenters. The molecule has 15 heteroatoms. The normalized spacial score (nSPS) is 26.2. The lowest BCUT2D eigenvalue weighted by Gasteiger charge is -2.42. The number of ether oxygens (including phenoxy) is 1. The van der Waals surface area contributed by atoms with Crippen LogP contribution < -0.4 is 21.3 Å². The van der Waals surface area contributed by atoms with Crippen molar-refractivity contribution in [2.75, 3.05) is 20.2 Å². The van der Waals surface area contributed by atoms with Crippen LogP contribution in [-0.4, -0.2) is 105 Å². The quantitative estimate of drug-likeness (QED) is 0.108. The molecule has 306 valence electrons. The van der Waals surface area contributed by atoms with Crippen LogP contribution in [0.1, 0.15) is 125 Å². The van der Waals surface area contributed by atoms with Gasteiger partial charge in [0.25, 0.3) is 0 Å². The molecule has 0 saturated carbocycles. The van der Waals surface area contributed by atoms with E-state index in [1.807, 2.05) is 20.8 Å². The highest BCUT2D eigenvalue weighted by Crippen LogP contribution is 2.28. The summed E-state index contributed by atoms with van der Waals surface area (Å²) in [6, 6.07) is -3.85. The van der Waals surface area contributed by atoms with Gasteiger partial charge in [-0.15, -0.1) is 0 Å². The number of hydrogen-bond donors (Lipinski definition) is 6. The van der Waals surface area contributed by atoms with Gasteiger partial charge in [0.05, 0.1) is 24.5 Å². The maximum absolute atomic E-state index is 14.3. The van der Waals surface area contributed by atoms with Crippen LogP contribution in [0.15, 0.2) is 12.5 Å². The van der Waals surface area contributed by atoms with Crippen molar-refractivity contribution < 1.29 is 38.6 Å². The Morgan fingerprint density at radius 3 is 2.11 bits per heavy atom. The summed E-state index contributed by atoms with van der Waals surface area (Å²) >= 11 is 0. The van der Waals surface area contributed by atoms with Crippen molar-refractivity contribution in [3.05, 3.63) is 18.2 Å². The lowest BCUT2D eigenvalue weighted by Crippen LogP contribution is -2.64. The van der Waals surface area contributed by atoms with E-state index in [0.717, 1.165) is 25.7 Å². The third-order valence-corrected chi connectivity index (χ3v) is 10.5. The van der Waals surface area contributed by atoms with Gasteiger partial charge in [0.15, 0.2) is 0 Å². The molecule has 0 radical (unpaired) electrons. The van der Waals surface area contributed by atoms with Crippen molar-refractivity contribution in [2.45, 2.75) is 155 Å². The summed E-state index contributed by atoms with van der Waals surface area (Å²) in [6.07, 6.45) is 11.6. The minimum absolute atomic E-state index is 0.0322. The third kappa shape index (κ3) is 14.0. The van der Waals surface area contributed by atoms with Gasteiger partial charge in [0, 0.05) is 19.7 Å². The van der Waals surface area contributed by atoms with Crippen LogP contribution in [0.3, 0.4) is 0 Å². The van der Waals surface area contributed by atoms with E-state index < -0.39 is 90.3 Å². The number of aromatic nitrogens is 2. The molecule has 15 nitrogen and oxygen atoms in total. The van der Waals surface area contributed by atoms with E-state index in [2.05, 4.69) is 38.2 Å². The zero-order valence-electron chi connectivity index (χ0n) is 33.8. The van der Waals surface area contributed by atoms with E-state index in [4.69, 9.17) is 4.74 Å². The highest BCUT2D eigenvalue weighted by atomic mass is 16.5. The molecule has 1 fully saturated rings. The van der Waals surface area contributed by atoms with Gasteiger partial charge >= 0.3 is 5.97 Å². The standard InChI is InChI=1S/C39H67N7O8/c1-9-11-12-13-14-15-16-17-18-31-27(6)37(52)46(8)39(7,20-25(3)4)38(53)45-33(26(5)10-2)36(51)44-30(23-47)35(50)43-29(19-28-21-40-24-42-28)34(49)41-22-32(48)54-31/h21,24-27,29-31,33,47H,9-20,22-23H2,1-8H3,(H,40,42)(H,41,49)(H,43,50)(H,44,51)(H,45,53)/t26-,27+,29-,30-,31+,33-,39+/m0/s1. The molecule has 0 bridgehead atoms. The smallest absolute Gasteiger partial charge is 0.325 e. The first-order valence-electron chi connectivity index (χ1n) is 19.8. The molecule has 1 saturated heterocycles. The number of rotatable bonds is 16. The topological polar surface area (TPSA) is 212 Å². The zero-order chi connectivity index (χ0) is 40.4. The Bertz CT molecular complexity index is 1360. The summed E-state index contributed by atoms with van der Waals surface area (Å²) in [5.74, 6) is -5.30. The highest BCUT2D eigenvalue weighted by molar-refractivity contribution is 5.97. The lowest BCUT2D eigenvalue weighted by molar-refractivity contribution is -0.160. The van der Waals surface area contributed by atoms with Crippen LogP contribution in [0.2, 0.25) is 0 Å². The molecule has 7 atom stereocenters. The Balaban J connectivity index is 2.54. The second-order valence-corrected chi connectivity index (χ2v) is 15.5. The number of H-pyrrole nitrogens is 1. The number of nitrogens with one attached hydrogen (secondary N) is 5. The molecule has 2 heterocycles. The van der Waals surface area contributed by atoms with Crippen molar-refractivity contribution in [2.24, 2.45) is 17.8 Å². The lowest BCUT2D eigenvalue weighted by atomic mass is 9.85. The molecule has 0 aromatic carbocycles. The summed E-state index contributed by atoms with van der Waals surface area (Å²) in [7, 11) is 1.54. The summed E-state index contributed by atoms with van der Waals surface area (Å²) < 4.78 is 5.91. The van der Waals surface area contributed by atoms with Crippen molar-refractivity contribution in [3.8, 4) is 0 Å². The molecule has 5 amide bonds. The fourth-order valence-corrected chi connectivity index (χ4v) is 6.82. The summed E-state index contributed by atoms with van der Waals surface area (Å²) in [4.78, 5) is 91.0. The van der Waals surface area contributed by atoms with E-state index in [0.29, 0.717) is 25.0 Å². The third-order valence-electron chi connectivity index (χ3n) is 10.5. The Kier molecular flexibility index (Phi) is 19.7. The maximum atomic E-state index is 14.3. The van der Waals surface area contributed by atoms with Gasteiger partial charge in [0.2, 0.25) is 29.5 Å². The highest BCUT2D eigenvalue weighted by Gasteiger charge is 2.45. The van der Waals surface area contributed by atoms with Gasteiger partial charge in [-0.1, -0.05) is 92.9 Å². The van der Waals surface area contributed by atoms with E-state index in [-0.39, 0.29) is 18.8 Å². The van der Waals surface area contributed by atoms with Gasteiger partial charge < -0.3 is 41.0 Å². The molecule has 2 rings (SSSR count). The molecule has 54 heavy (non-hydrogen) atoms. The Morgan fingerprint density at radius 1 is 0.907 bits per heavy atom. The van der Waals surface area contributed by atoms with E-state index in [1.54, 1.807) is 34.0 Å². The predicted octanol–water partition coefficient (Wildman–Crippen LogP) is 2.92. The largest absolute Gasteiger partial charge is 0.460 e. The molecular weight excluding hydrogens is 694 g/mol. The van der Waals surface area contributed by atoms with Gasteiger partial charge in [-0.05, 0) is 38.0 Å². The number of amides is 5. The summed E-state index contributed by atoms with van der Waals surface area (Å²) in [5.41, 5.74) is -0.977. The number of carbonyl (C=O) groups is 6. The van der Waals surface area contributed by atoms with Crippen LogP contribution in [0.5, 0.6) is 0 Å². The number of likely N-dealkylation sites (N-methyl/N-ethyl adjacent to an activating group) is 1. The van der Waals surface area contributed by atoms with Gasteiger partial charge in [0.1, 0.15) is 36.3 Å². The molecule has 1 aromatic rings. The van der Waals surface area contributed by atoms with E-state index in [1.165, 1.54) is 30.5 Å². The predicted molar refractivity (Wildman–Crippen MR) is 205 cm³/mol. The Morgan fingerprint density at radius 2 is 1.54 bits per heavy atom. The minimum Gasteiger partial charge on any atom is -0.460 e. The number of unbranched alkanes of at least 4 members (excludes halogenated alkanes) is 7. The second-order valence-electron chi connectivity index (χ2n) is 15.5. The second kappa shape index (κ2) is 23.0. The van der Waals surface area contributed by atoms with Crippen molar-refractivity contribution in [1.29, 1.82) is 0 Å². The SMILES string of the molecule is CCCCCCCCCC[C@H]1OC(=O)CNC(=O)[C@H](Cc2c[nH]cn2)NC(=O)[C@H](CO)NC(=O)[C@H]([C@@H](C)CC)NC(=O)[C@@](C)(CC(C)C)N(C)C(=O)[C@@H]1C.